The van der Waals surface area contributed by atoms with E-state index in [2.05, 4.69) is 10.3 Å². The quantitative estimate of drug-likeness (QED) is 0.699. The lowest BCUT2D eigenvalue weighted by molar-refractivity contribution is 0.470. The van der Waals surface area contributed by atoms with Crippen LogP contribution < -0.4 is 5.73 Å². The zero-order valence-corrected chi connectivity index (χ0v) is 7.68. The van der Waals surface area contributed by atoms with E-state index in [4.69, 9.17) is 5.73 Å². The molecule has 3 N–H and O–H groups in total. The summed E-state index contributed by atoms with van der Waals surface area (Å²) < 4.78 is 1.41. The Morgan fingerprint density at radius 3 is 2.64 bits per heavy atom. The fourth-order valence-corrected chi connectivity index (χ4v) is 1.19. The van der Waals surface area contributed by atoms with Gasteiger partial charge in [-0.05, 0) is 19.1 Å². The number of rotatable bonds is 1. The summed E-state index contributed by atoms with van der Waals surface area (Å²) in [6.45, 7) is 1.76. The second-order valence-corrected chi connectivity index (χ2v) is 2.96. The number of para-hydroxylation sites is 2. The maximum Gasteiger partial charge on any atom is 0.150 e. The van der Waals surface area contributed by atoms with Crippen LogP contribution in [0.4, 0.5) is 5.82 Å². The van der Waals surface area contributed by atoms with Gasteiger partial charge in [0, 0.05) is 0 Å². The van der Waals surface area contributed by atoms with E-state index >= 15 is 0 Å². The van der Waals surface area contributed by atoms with Crippen LogP contribution in [-0.4, -0.2) is 20.1 Å². The highest BCUT2D eigenvalue weighted by Gasteiger charge is 2.09. The summed E-state index contributed by atoms with van der Waals surface area (Å²) in [4.78, 5) is 0. The van der Waals surface area contributed by atoms with E-state index in [1.54, 1.807) is 31.2 Å². The summed E-state index contributed by atoms with van der Waals surface area (Å²) in [5, 5.41) is 17.2. The van der Waals surface area contributed by atoms with Crippen LogP contribution in [-0.2, 0) is 0 Å². The molecule has 1 aromatic heterocycles. The average molecular weight is 190 g/mol. The van der Waals surface area contributed by atoms with Crippen LogP contribution >= 0.6 is 0 Å². The number of benzene rings is 1. The van der Waals surface area contributed by atoms with Gasteiger partial charge in [-0.3, -0.25) is 0 Å². The molecule has 0 atom stereocenters. The maximum absolute atomic E-state index is 9.55. The normalized spacial score (nSPS) is 10.4. The molecule has 1 heterocycles. The number of nitrogen functional groups attached to an aromatic ring is 1. The molecule has 72 valence electrons. The second-order valence-electron chi connectivity index (χ2n) is 2.96. The number of aryl methyl sites for hydroxylation is 1. The summed E-state index contributed by atoms with van der Waals surface area (Å²) in [5.74, 6) is 0.565. The molecule has 0 saturated heterocycles. The van der Waals surface area contributed by atoms with Gasteiger partial charge in [0.25, 0.3) is 0 Å². The Labute approximate surface area is 80.8 Å². The topological polar surface area (TPSA) is 77.0 Å². The number of hydrogen-bond acceptors (Lipinski definition) is 4. The standard InChI is InChI=1S/C9H10N4O/c1-6-9(10)13(12-11-6)7-4-2-3-5-8(7)14/h2-5,14H,10H2,1H3. The van der Waals surface area contributed by atoms with Gasteiger partial charge in [0.2, 0.25) is 0 Å². The number of anilines is 1. The molecule has 5 heteroatoms. The number of aromatic hydroxyl groups is 1. The Morgan fingerprint density at radius 1 is 1.36 bits per heavy atom. The summed E-state index contributed by atoms with van der Waals surface area (Å²) >= 11 is 0. The summed E-state index contributed by atoms with van der Waals surface area (Å²) in [7, 11) is 0. The fraction of sp³-hybridized carbons (Fsp3) is 0.111. The van der Waals surface area contributed by atoms with Crippen molar-refractivity contribution in [1.29, 1.82) is 0 Å². The smallest absolute Gasteiger partial charge is 0.150 e. The minimum absolute atomic E-state index is 0.129. The minimum Gasteiger partial charge on any atom is -0.506 e. The number of phenols is 1. The van der Waals surface area contributed by atoms with Crippen LogP contribution in [0.1, 0.15) is 5.69 Å². The van der Waals surface area contributed by atoms with Crippen molar-refractivity contribution in [2.24, 2.45) is 0 Å². The van der Waals surface area contributed by atoms with Crippen LogP contribution in [0.2, 0.25) is 0 Å². The van der Waals surface area contributed by atoms with Crippen LogP contribution in [0.15, 0.2) is 24.3 Å². The van der Waals surface area contributed by atoms with Crippen molar-refractivity contribution in [2.75, 3.05) is 5.73 Å². The summed E-state index contributed by atoms with van der Waals surface area (Å²) in [6, 6.07) is 6.83. The van der Waals surface area contributed by atoms with Crippen LogP contribution in [0.25, 0.3) is 5.69 Å². The summed E-state index contributed by atoms with van der Waals surface area (Å²) in [5.41, 5.74) is 6.91. The molecule has 0 aliphatic heterocycles. The van der Waals surface area contributed by atoms with Crippen molar-refractivity contribution in [3.8, 4) is 11.4 Å². The Bertz CT molecular complexity index is 464. The van der Waals surface area contributed by atoms with Gasteiger partial charge < -0.3 is 10.8 Å². The minimum atomic E-state index is 0.129. The first-order chi connectivity index (χ1) is 6.70. The molecular weight excluding hydrogens is 180 g/mol. The Hall–Kier alpha value is -2.04. The lowest BCUT2D eigenvalue weighted by atomic mass is 10.3. The van der Waals surface area contributed by atoms with E-state index in [1.807, 2.05) is 0 Å². The average Bonchev–Trinajstić information content (AvgIpc) is 2.49. The first-order valence-corrected chi connectivity index (χ1v) is 4.16. The van der Waals surface area contributed by atoms with Crippen LogP contribution in [0.3, 0.4) is 0 Å². The lowest BCUT2D eigenvalue weighted by Crippen LogP contribution is -2.02. The Kier molecular flexibility index (Phi) is 1.85. The third-order valence-corrected chi connectivity index (χ3v) is 1.99. The van der Waals surface area contributed by atoms with E-state index in [0.717, 1.165) is 0 Å². The van der Waals surface area contributed by atoms with E-state index < -0.39 is 0 Å². The van der Waals surface area contributed by atoms with Gasteiger partial charge in [-0.1, -0.05) is 17.3 Å². The monoisotopic (exact) mass is 190 g/mol. The van der Waals surface area contributed by atoms with Gasteiger partial charge in [-0.2, -0.15) is 4.68 Å². The van der Waals surface area contributed by atoms with E-state index in [1.165, 1.54) is 4.68 Å². The molecular formula is C9H10N4O. The molecule has 14 heavy (non-hydrogen) atoms. The highest BCUT2D eigenvalue weighted by molar-refractivity contribution is 5.50. The number of phenolic OH excluding ortho intramolecular Hbond substituents is 1. The predicted octanol–water partition coefficient (Wildman–Crippen LogP) is 0.864. The van der Waals surface area contributed by atoms with Crippen molar-refractivity contribution in [3.63, 3.8) is 0 Å². The van der Waals surface area contributed by atoms with Gasteiger partial charge in [0.15, 0.2) is 5.82 Å². The molecule has 0 saturated carbocycles. The SMILES string of the molecule is Cc1nnn(-c2ccccc2O)c1N. The fourth-order valence-electron chi connectivity index (χ4n) is 1.19. The van der Waals surface area contributed by atoms with Crippen LogP contribution in [0.5, 0.6) is 5.75 Å². The van der Waals surface area contributed by atoms with Gasteiger partial charge in [0.05, 0.1) is 0 Å². The van der Waals surface area contributed by atoms with Gasteiger partial charge in [-0.25, -0.2) is 0 Å². The number of nitrogens with two attached hydrogens (primary N) is 1. The molecule has 0 aliphatic rings. The molecule has 0 amide bonds. The third kappa shape index (κ3) is 1.19. The number of aromatic nitrogens is 3. The van der Waals surface area contributed by atoms with E-state index in [9.17, 15) is 5.11 Å². The van der Waals surface area contributed by atoms with Gasteiger partial charge in [0.1, 0.15) is 17.1 Å². The molecule has 2 aromatic rings. The van der Waals surface area contributed by atoms with Gasteiger partial charge >= 0.3 is 0 Å². The first kappa shape index (κ1) is 8.55. The van der Waals surface area contributed by atoms with Crippen molar-refractivity contribution >= 4 is 5.82 Å². The van der Waals surface area contributed by atoms with E-state index in [0.29, 0.717) is 17.2 Å². The number of nitrogens with zero attached hydrogens (tertiary/aromatic N) is 3. The third-order valence-electron chi connectivity index (χ3n) is 1.99. The predicted molar refractivity (Wildman–Crippen MR) is 52.2 cm³/mol. The maximum atomic E-state index is 9.55. The summed E-state index contributed by atoms with van der Waals surface area (Å²) in [6.07, 6.45) is 0. The molecule has 0 unspecified atom stereocenters. The molecule has 2 rings (SSSR count). The zero-order valence-electron chi connectivity index (χ0n) is 7.68. The lowest BCUT2D eigenvalue weighted by Gasteiger charge is -2.04. The Morgan fingerprint density at radius 2 is 2.07 bits per heavy atom. The molecule has 0 radical (unpaired) electrons. The van der Waals surface area contributed by atoms with Crippen molar-refractivity contribution in [2.45, 2.75) is 6.92 Å². The van der Waals surface area contributed by atoms with Crippen molar-refractivity contribution in [1.82, 2.24) is 15.0 Å². The number of hydrogen-bond donors (Lipinski definition) is 2. The molecule has 5 nitrogen and oxygen atoms in total. The molecule has 0 spiro atoms. The molecule has 0 aliphatic carbocycles. The molecule has 0 bridgehead atoms. The van der Waals surface area contributed by atoms with Crippen molar-refractivity contribution < 1.29 is 5.11 Å². The van der Waals surface area contributed by atoms with Crippen molar-refractivity contribution in [3.05, 3.63) is 30.0 Å². The van der Waals surface area contributed by atoms with Gasteiger partial charge in [-0.15, -0.1) is 5.10 Å². The molecule has 0 fully saturated rings. The Balaban J connectivity index is 2.60. The molecule has 1 aromatic carbocycles. The van der Waals surface area contributed by atoms with E-state index in [-0.39, 0.29) is 5.75 Å². The second kappa shape index (κ2) is 3.02. The first-order valence-electron chi connectivity index (χ1n) is 4.16. The zero-order chi connectivity index (χ0) is 10.1. The highest BCUT2D eigenvalue weighted by Crippen LogP contribution is 2.22. The largest absolute Gasteiger partial charge is 0.506 e. The highest BCUT2D eigenvalue weighted by atomic mass is 16.3. The van der Waals surface area contributed by atoms with Crippen LogP contribution in [0, 0.1) is 6.92 Å².